The molecule has 7 heteroatoms. The normalized spacial score (nSPS) is 13.2. The fourth-order valence-corrected chi connectivity index (χ4v) is 3.12. The Morgan fingerprint density at radius 2 is 1.69 bits per heavy atom. The number of hydrogen-bond donors (Lipinski definition) is 3. The lowest BCUT2D eigenvalue weighted by Crippen LogP contribution is -2.44. The van der Waals surface area contributed by atoms with Crippen LogP contribution in [0.1, 0.15) is 36.3 Å². The van der Waals surface area contributed by atoms with E-state index in [0.29, 0.717) is 31.5 Å². The van der Waals surface area contributed by atoms with E-state index in [-0.39, 0.29) is 30.5 Å². The van der Waals surface area contributed by atoms with Crippen LogP contribution in [0, 0.1) is 0 Å². The second-order valence-electron chi connectivity index (χ2n) is 7.60. The molecular formula is C25H32IN3O3. The van der Waals surface area contributed by atoms with Crippen molar-refractivity contribution in [1.82, 2.24) is 10.6 Å². The minimum atomic E-state index is -1.13. The molecule has 2 aromatic carbocycles. The number of ether oxygens (including phenoxy) is 1. The summed E-state index contributed by atoms with van der Waals surface area (Å²) in [5.41, 5.74) is 2.24. The molecule has 0 saturated heterocycles. The SMILES string of the molecule is CCNC(=NCc1cccc(COCc2ccccc2)c1)NCC(C)(O)c1ccco1.I. The summed E-state index contributed by atoms with van der Waals surface area (Å²) in [4.78, 5) is 4.65. The van der Waals surface area contributed by atoms with Crippen molar-refractivity contribution in [2.24, 2.45) is 4.99 Å². The van der Waals surface area contributed by atoms with Crippen molar-refractivity contribution in [2.75, 3.05) is 13.1 Å². The summed E-state index contributed by atoms with van der Waals surface area (Å²) >= 11 is 0. The number of aliphatic hydroxyl groups is 1. The highest BCUT2D eigenvalue weighted by Crippen LogP contribution is 2.19. The Labute approximate surface area is 207 Å². The van der Waals surface area contributed by atoms with Crippen molar-refractivity contribution < 1.29 is 14.3 Å². The molecule has 1 heterocycles. The van der Waals surface area contributed by atoms with Crippen LogP contribution in [0.3, 0.4) is 0 Å². The van der Waals surface area contributed by atoms with E-state index in [0.717, 1.165) is 23.2 Å². The quantitative estimate of drug-likeness (QED) is 0.196. The molecule has 6 nitrogen and oxygen atoms in total. The van der Waals surface area contributed by atoms with Crippen molar-refractivity contribution >= 4 is 29.9 Å². The maximum atomic E-state index is 10.6. The summed E-state index contributed by atoms with van der Waals surface area (Å²) in [6, 6.07) is 21.9. The van der Waals surface area contributed by atoms with E-state index in [1.807, 2.05) is 37.3 Å². The first kappa shape index (κ1) is 25.9. The average molecular weight is 549 g/mol. The second-order valence-corrected chi connectivity index (χ2v) is 7.60. The molecule has 1 atom stereocenters. The van der Waals surface area contributed by atoms with E-state index >= 15 is 0 Å². The average Bonchev–Trinajstić information content (AvgIpc) is 3.33. The zero-order chi connectivity index (χ0) is 21.9. The topological polar surface area (TPSA) is 79.0 Å². The van der Waals surface area contributed by atoms with E-state index in [1.54, 1.807) is 25.3 Å². The van der Waals surface area contributed by atoms with Crippen molar-refractivity contribution in [1.29, 1.82) is 0 Å². The Morgan fingerprint density at radius 3 is 2.41 bits per heavy atom. The minimum Gasteiger partial charge on any atom is -0.466 e. The maximum absolute atomic E-state index is 10.6. The fourth-order valence-electron chi connectivity index (χ4n) is 3.12. The van der Waals surface area contributed by atoms with Gasteiger partial charge in [-0.15, -0.1) is 24.0 Å². The number of benzene rings is 2. The van der Waals surface area contributed by atoms with E-state index in [2.05, 4.69) is 39.9 Å². The Bertz CT molecular complexity index is 944. The number of rotatable bonds is 10. The summed E-state index contributed by atoms with van der Waals surface area (Å²) in [5, 5.41) is 17.0. The molecule has 0 fully saturated rings. The van der Waals surface area contributed by atoms with Crippen molar-refractivity contribution in [3.63, 3.8) is 0 Å². The first-order valence-electron chi connectivity index (χ1n) is 10.5. The van der Waals surface area contributed by atoms with Gasteiger partial charge in [0.15, 0.2) is 5.96 Å². The molecule has 0 aliphatic carbocycles. The van der Waals surface area contributed by atoms with Crippen LogP contribution < -0.4 is 10.6 Å². The zero-order valence-corrected chi connectivity index (χ0v) is 20.9. The lowest BCUT2D eigenvalue weighted by Gasteiger charge is -2.22. The third-order valence-corrected chi connectivity index (χ3v) is 4.79. The van der Waals surface area contributed by atoms with Gasteiger partial charge < -0.3 is 24.9 Å². The first-order valence-corrected chi connectivity index (χ1v) is 10.5. The molecule has 3 N–H and O–H groups in total. The largest absolute Gasteiger partial charge is 0.466 e. The van der Waals surface area contributed by atoms with Gasteiger partial charge in [-0.25, -0.2) is 4.99 Å². The second kappa shape index (κ2) is 13.2. The Hall–Kier alpha value is -2.36. The van der Waals surface area contributed by atoms with Crippen LogP contribution in [-0.4, -0.2) is 24.2 Å². The molecule has 32 heavy (non-hydrogen) atoms. The number of aliphatic imine (C=N–C) groups is 1. The van der Waals surface area contributed by atoms with Crippen LogP contribution in [-0.2, 0) is 30.1 Å². The van der Waals surface area contributed by atoms with Gasteiger partial charge in [0.05, 0.1) is 32.6 Å². The molecular weight excluding hydrogens is 517 g/mol. The molecule has 3 rings (SSSR count). The summed E-state index contributed by atoms with van der Waals surface area (Å²) in [7, 11) is 0. The van der Waals surface area contributed by atoms with Gasteiger partial charge in [-0.2, -0.15) is 0 Å². The molecule has 0 spiro atoms. The van der Waals surface area contributed by atoms with Gasteiger partial charge in [0, 0.05) is 6.54 Å². The molecule has 0 aliphatic rings. The van der Waals surface area contributed by atoms with Crippen molar-refractivity contribution in [3.8, 4) is 0 Å². The highest BCUT2D eigenvalue weighted by atomic mass is 127. The Balaban J connectivity index is 0.00000363. The maximum Gasteiger partial charge on any atom is 0.191 e. The van der Waals surface area contributed by atoms with Gasteiger partial charge in [-0.05, 0) is 42.7 Å². The van der Waals surface area contributed by atoms with Crippen LogP contribution >= 0.6 is 24.0 Å². The number of halogens is 1. The molecule has 0 amide bonds. The summed E-state index contributed by atoms with van der Waals surface area (Å²) in [6.45, 7) is 6.38. The smallest absolute Gasteiger partial charge is 0.191 e. The summed E-state index contributed by atoms with van der Waals surface area (Å²) in [5.74, 6) is 1.15. The number of nitrogens with zero attached hydrogens (tertiary/aromatic N) is 1. The van der Waals surface area contributed by atoms with Crippen LogP contribution in [0.4, 0.5) is 0 Å². The predicted octanol–water partition coefficient (Wildman–Crippen LogP) is 4.58. The van der Waals surface area contributed by atoms with Crippen LogP contribution in [0.5, 0.6) is 0 Å². The molecule has 172 valence electrons. The molecule has 0 radical (unpaired) electrons. The monoisotopic (exact) mass is 549 g/mol. The highest BCUT2D eigenvalue weighted by Gasteiger charge is 2.26. The predicted molar refractivity (Wildman–Crippen MR) is 138 cm³/mol. The van der Waals surface area contributed by atoms with Crippen molar-refractivity contribution in [2.45, 2.75) is 39.2 Å². The van der Waals surface area contributed by atoms with Gasteiger partial charge in [-0.1, -0.05) is 54.6 Å². The molecule has 0 saturated carbocycles. The third kappa shape index (κ3) is 8.29. The summed E-state index contributed by atoms with van der Waals surface area (Å²) in [6.07, 6.45) is 1.56. The van der Waals surface area contributed by atoms with Gasteiger partial charge in [0.2, 0.25) is 0 Å². The van der Waals surface area contributed by atoms with Crippen LogP contribution in [0.25, 0.3) is 0 Å². The molecule has 1 unspecified atom stereocenters. The number of nitrogens with one attached hydrogen (secondary N) is 2. The standard InChI is InChI=1S/C25H31N3O3.HI/c1-3-26-24(28-19-25(2,29)23-13-8-14-31-23)27-16-21-11-7-12-22(15-21)18-30-17-20-9-5-4-6-10-20;/h4-15,29H,3,16-19H2,1-2H3,(H2,26,27,28);1H. The molecule has 1 aromatic heterocycles. The molecule has 0 aliphatic heterocycles. The van der Waals surface area contributed by atoms with Gasteiger partial charge in [-0.3, -0.25) is 0 Å². The number of furan rings is 1. The van der Waals surface area contributed by atoms with E-state index in [1.165, 1.54) is 0 Å². The van der Waals surface area contributed by atoms with Gasteiger partial charge in [0.1, 0.15) is 11.4 Å². The van der Waals surface area contributed by atoms with Crippen LogP contribution in [0.2, 0.25) is 0 Å². The van der Waals surface area contributed by atoms with Crippen LogP contribution in [0.15, 0.2) is 82.4 Å². The van der Waals surface area contributed by atoms with Crippen molar-refractivity contribution in [3.05, 3.63) is 95.4 Å². The zero-order valence-electron chi connectivity index (χ0n) is 18.6. The van der Waals surface area contributed by atoms with E-state index in [9.17, 15) is 5.11 Å². The Kier molecular flexibility index (Phi) is 10.7. The lowest BCUT2D eigenvalue weighted by atomic mass is 10.0. The first-order chi connectivity index (χ1) is 15.1. The lowest BCUT2D eigenvalue weighted by molar-refractivity contribution is 0.0386. The van der Waals surface area contributed by atoms with Gasteiger partial charge >= 0.3 is 0 Å². The molecule has 3 aromatic rings. The molecule has 0 bridgehead atoms. The highest BCUT2D eigenvalue weighted by molar-refractivity contribution is 14.0. The third-order valence-electron chi connectivity index (χ3n) is 4.79. The summed E-state index contributed by atoms with van der Waals surface area (Å²) < 4.78 is 11.2. The van der Waals surface area contributed by atoms with E-state index in [4.69, 9.17) is 9.15 Å². The fraction of sp³-hybridized carbons (Fsp3) is 0.320. The number of guanidine groups is 1. The Morgan fingerprint density at radius 1 is 0.969 bits per heavy atom. The van der Waals surface area contributed by atoms with Gasteiger partial charge in [0.25, 0.3) is 0 Å². The number of hydrogen-bond acceptors (Lipinski definition) is 4. The van der Waals surface area contributed by atoms with E-state index < -0.39 is 5.60 Å². The minimum absolute atomic E-state index is 0.